The number of hydrogen-bond donors (Lipinski definition) is 1. The van der Waals surface area contributed by atoms with E-state index in [2.05, 4.69) is 37.0 Å². The van der Waals surface area contributed by atoms with E-state index in [1.165, 1.54) is 5.56 Å². The maximum Gasteiger partial charge on any atom is 0.219 e. The first-order valence-corrected chi connectivity index (χ1v) is 6.92. The Morgan fingerprint density at radius 2 is 2.00 bits per heavy atom. The standard InChI is InChI=1S/C16H18N2OS/c1-10(2)12-5-4-11(3)14(8-12)19-15-7-6-13(9-18-15)16(17)20/h4-10H,1-3H3,(H2,17,20). The fourth-order valence-corrected chi connectivity index (χ4v) is 1.91. The molecular formula is C16H18N2OS. The molecular weight excluding hydrogens is 268 g/mol. The van der Waals surface area contributed by atoms with Crippen molar-refractivity contribution in [2.24, 2.45) is 5.73 Å². The highest BCUT2D eigenvalue weighted by Crippen LogP contribution is 2.27. The summed E-state index contributed by atoms with van der Waals surface area (Å²) in [5.41, 5.74) is 8.60. The molecule has 0 aliphatic heterocycles. The minimum Gasteiger partial charge on any atom is -0.439 e. The Hall–Kier alpha value is -1.94. The number of pyridine rings is 1. The fourth-order valence-electron chi connectivity index (χ4n) is 1.78. The second kappa shape index (κ2) is 6.01. The monoisotopic (exact) mass is 286 g/mol. The lowest BCUT2D eigenvalue weighted by Crippen LogP contribution is -2.09. The van der Waals surface area contributed by atoms with Crippen molar-refractivity contribution in [3.8, 4) is 11.6 Å². The molecule has 1 aromatic carbocycles. The van der Waals surface area contributed by atoms with Crippen molar-refractivity contribution in [2.75, 3.05) is 0 Å². The summed E-state index contributed by atoms with van der Waals surface area (Å²) >= 11 is 4.90. The molecule has 2 N–H and O–H groups in total. The van der Waals surface area contributed by atoms with Crippen LogP contribution in [0, 0.1) is 6.92 Å². The first-order valence-electron chi connectivity index (χ1n) is 6.51. The zero-order valence-electron chi connectivity index (χ0n) is 11.9. The van der Waals surface area contributed by atoms with Crippen molar-refractivity contribution >= 4 is 17.2 Å². The number of nitrogens with zero attached hydrogens (tertiary/aromatic N) is 1. The van der Waals surface area contributed by atoms with E-state index in [0.29, 0.717) is 16.8 Å². The van der Waals surface area contributed by atoms with E-state index in [-0.39, 0.29) is 0 Å². The normalized spacial score (nSPS) is 10.6. The number of benzene rings is 1. The first-order chi connectivity index (χ1) is 9.47. The average molecular weight is 286 g/mol. The highest BCUT2D eigenvalue weighted by atomic mass is 32.1. The number of thiocarbonyl (C=S) groups is 1. The molecule has 3 nitrogen and oxygen atoms in total. The quantitative estimate of drug-likeness (QED) is 0.865. The molecule has 20 heavy (non-hydrogen) atoms. The second-order valence-electron chi connectivity index (χ2n) is 5.03. The average Bonchev–Trinajstić information content (AvgIpc) is 2.41. The van der Waals surface area contributed by atoms with E-state index in [1.807, 2.05) is 13.0 Å². The summed E-state index contributed by atoms with van der Waals surface area (Å²) in [7, 11) is 0. The van der Waals surface area contributed by atoms with Crippen LogP contribution in [0.4, 0.5) is 0 Å². The molecule has 0 saturated carbocycles. The molecule has 0 amide bonds. The third-order valence-electron chi connectivity index (χ3n) is 3.11. The van der Waals surface area contributed by atoms with Crippen LogP contribution < -0.4 is 10.5 Å². The molecule has 2 rings (SSSR count). The van der Waals surface area contributed by atoms with E-state index in [1.54, 1.807) is 12.3 Å². The summed E-state index contributed by atoms with van der Waals surface area (Å²) in [6.45, 7) is 6.33. The van der Waals surface area contributed by atoms with Gasteiger partial charge in [0.15, 0.2) is 0 Å². The second-order valence-corrected chi connectivity index (χ2v) is 5.47. The van der Waals surface area contributed by atoms with Crippen molar-refractivity contribution in [3.05, 3.63) is 53.2 Å². The molecule has 0 aliphatic rings. The van der Waals surface area contributed by atoms with Crippen LogP contribution in [0.2, 0.25) is 0 Å². The molecule has 0 saturated heterocycles. The van der Waals surface area contributed by atoms with Gasteiger partial charge in [-0.15, -0.1) is 0 Å². The van der Waals surface area contributed by atoms with Crippen LogP contribution in [0.5, 0.6) is 11.6 Å². The van der Waals surface area contributed by atoms with Gasteiger partial charge in [0.1, 0.15) is 10.7 Å². The van der Waals surface area contributed by atoms with Gasteiger partial charge >= 0.3 is 0 Å². The molecule has 0 atom stereocenters. The van der Waals surface area contributed by atoms with Crippen molar-refractivity contribution in [2.45, 2.75) is 26.7 Å². The van der Waals surface area contributed by atoms with Gasteiger partial charge in [-0.05, 0) is 36.1 Å². The van der Waals surface area contributed by atoms with Crippen molar-refractivity contribution < 1.29 is 4.74 Å². The Labute approximate surface area is 124 Å². The third kappa shape index (κ3) is 3.33. The summed E-state index contributed by atoms with van der Waals surface area (Å²) in [4.78, 5) is 4.56. The minimum atomic E-state index is 0.335. The smallest absolute Gasteiger partial charge is 0.219 e. The topological polar surface area (TPSA) is 48.1 Å². The summed E-state index contributed by atoms with van der Waals surface area (Å²) in [6.07, 6.45) is 1.62. The Balaban J connectivity index is 2.25. The van der Waals surface area contributed by atoms with Crippen LogP contribution in [-0.2, 0) is 0 Å². The van der Waals surface area contributed by atoms with Gasteiger partial charge < -0.3 is 10.5 Å². The van der Waals surface area contributed by atoms with Crippen molar-refractivity contribution in [1.29, 1.82) is 0 Å². The van der Waals surface area contributed by atoms with Crippen LogP contribution in [-0.4, -0.2) is 9.97 Å². The largest absolute Gasteiger partial charge is 0.439 e. The van der Waals surface area contributed by atoms with Gasteiger partial charge in [-0.3, -0.25) is 0 Å². The Bertz CT molecular complexity index is 621. The van der Waals surface area contributed by atoms with Crippen LogP contribution in [0.15, 0.2) is 36.5 Å². The highest BCUT2D eigenvalue weighted by molar-refractivity contribution is 7.80. The summed E-state index contributed by atoms with van der Waals surface area (Å²) < 4.78 is 5.84. The zero-order valence-corrected chi connectivity index (χ0v) is 12.7. The molecule has 0 unspecified atom stereocenters. The van der Waals surface area contributed by atoms with E-state index in [9.17, 15) is 0 Å². The molecule has 1 heterocycles. The van der Waals surface area contributed by atoms with Crippen LogP contribution in [0.1, 0.15) is 36.5 Å². The Morgan fingerprint density at radius 1 is 1.25 bits per heavy atom. The van der Waals surface area contributed by atoms with E-state index in [0.717, 1.165) is 16.9 Å². The SMILES string of the molecule is Cc1ccc(C(C)C)cc1Oc1ccc(C(N)=S)cn1. The first kappa shape index (κ1) is 14.5. The van der Waals surface area contributed by atoms with Gasteiger partial charge in [0.05, 0.1) is 0 Å². The molecule has 2 aromatic rings. The molecule has 0 spiro atoms. The lowest BCUT2D eigenvalue weighted by atomic mass is 10.0. The lowest BCUT2D eigenvalue weighted by molar-refractivity contribution is 0.458. The summed E-state index contributed by atoms with van der Waals surface area (Å²) in [6, 6.07) is 9.83. The molecule has 0 aliphatic carbocycles. The summed E-state index contributed by atoms with van der Waals surface area (Å²) in [5.74, 6) is 1.82. The fraction of sp³-hybridized carbons (Fsp3) is 0.250. The van der Waals surface area contributed by atoms with E-state index in [4.69, 9.17) is 22.7 Å². The molecule has 0 bridgehead atoms. The zero-order chi connectivity index (χ0) is 14.7. The van der Waals surface area contributed by atoms with E-state index >= 15 is 0 Å². The van der Waals surface area contributed by atoms with Crippen LogP contribution in [0.25, 0.3) is 0 Å². The number of aromatic nitrogens is 1. The maximum atomic E-state index is 5.84. The number of hydrogen-bond acceptors (Lipinski definition) is 3. The minimum absolute atomic E-state index is 0.335. The van der Waals surface area contributed by atoms with E-state index < -0.39 is 0 Å². The predicted octanol–water partition coefficient (Wildman–Crippen LogP) is 3.94. The molecule has 104 valence electrons. The van der Waals surface area contributed by atoms with Gasteiger partial charge in [0, 0.05) is 17.8 Å². The Morgan fingerprint density at radius 3 is 2.55 bits per heavy atom. The van der Waals surface area contributed by atoms with Crippen molar-refractivity contribution in [3.63, 3.8) is 0 Å². The molecule has 4 heteroatoms. The predicted molar refractivity (Wildman–Crippen MR) is 85.5 cm³/mol. The summed E-state index contributed by atoms with van der Waals surface area (Å²) in [5, 5.41) is 0. The molecule has 0 radical (unpaired) electrons. The number of nitrogens with two attached hydrogens (primary N) is 1. The van der Waals surface area contributed by atoms with Crippen LogP contribution in [0.3, 0.4) is 0 Å². The maximum absolute atomic E-state index is 5.84. The van der Waals surface area contributed by atoms with Gasteiger partial charge in [-0.25, -0.2) is 4.98 Å². The lowest BCUT2D eigenvalue weighted by Gasteiger charge is -2.12. The highest BCUT2D eigenvalue weighted by Gasteiger charge is 2.07. The van der Waals surface area contributed by atoms with Crippen LogP contribution >= 0.6 is 12.2 Å². The number of rotatable bonds is 4. The van der Waals surface area contributed by atoms with Gasteiger partial charge in [-0.2, -0.15) is 0 Å². The third-order valence-corrected chi connectivity index (χ3v) is 3.35. The van der Waals surface area contributed by atoms with Crippen molar-refractivity contribution in [1.82, 2.24) is 4.98 Å². The number of ether oxygens (including phenoxy) is 1. The Kier molecular flexibility index (Phi) is 4.35. The number of aryl methyl sites for hydroxylation is 1. The molecule has 0 fully saturated rings. The van der Waals surface area contributed by atoms with Gasteiger partial charge in [-0.1, -0.05) is 38.2 Å². The molecule has 1 aromatic heterocycles. The van der Waals surface area contributed by atoms with Gasteiger partial charge in [0.25, 0.3) is 0 Å². The van der Waals surface area contributed by atoms with Gasteiger partial charge in [0.2, 0.25) is 5.88 Å².